The molecular weight excluding hydrogens is 516 g/mol. The topological polar surface area (TPSA) is 124 Å². The van der Waals surface area contributed by atoms with Gasteiger partial charge in [0.25, 0.3) is 5.91 Å². The highest BCUT2D eigenvalue weighted by atomic mass is 35.5. The molecule has 1 aromatic heterocycles. The smallest absolute Gasteiger partial charge is 0.302 e. The molecule has 0 aliphatic carbocycles. The van der Waals surface area contributed by atoms with E-state index in [1.165, 1.54) is 17.9 Å². The molecule has 38 heavy (non-hydrogen) atoms. The van der Waals surface area contributed by atoms with Gasteiger partial charge in [0, 0.05) is 32.7 Å². The van der Waals surface area contributed by atoms with E-state index >= 15 is 0 Å². The molecule has 0 spiro atoms. The Bertz CT molecular complexity index is 1310. The predicted octanol–water partition coefficient (Wildman–Crippen LogP) is 3.04. The molecule has 0 fully saturated rings. The van der Waals surface area contributed by atoms with Crippen molar-refractivity contribution in [2.24, 2.45) is 0 Å². The molecule has 4 rings (SSSR count). The Morgan fingerprint density at radius 2 is 1.84 bits per heavy atom. The van der Waals surface area contributed by atoms with Crippen molar-refractivity contribution in [3.63, 3.8) is 0 Å². The van der Waals surface area contributed by atoms with Gasteiger partial charge in [0.05, 0.1) is 23.7 Å². The summed E-state index contributed by atoms with van der Waals surface area (Å²) in [7, 11) is 1.58. The Morgan fingerprint density at radius 1 is 1.05 bits per heavy atom. The average molecular weight is 543 g/mol. The SMILES string of the molecule is COCCc1nnc(CN2Cc3ccccc3N(C(=O)c3ccc(OCCOC(C)=O)cc3Cl)CC2=O)o1. The average Bonchev–Trinajstić information content (AvgIpc) is 3.29. The molecule has 0 unspecified atom stereocenters. The monoisotopic (exact) mass is 542 g/mol. The number of methoxy groups -OCH3 is 1. The first kappa shape index (κ1) is 27.1. The van der Waals surface area contributed by atoms with Gasteiger partial charge >= 0.3 is 5.97 Å². The van der Waals surface area contributed by atoms with Crippen LogP contribution in [0.4, 0.5) is 5.69 Å². The Kier molecular flexibility index (Phi) is 8.93. The lowest BCUT2D eigenvalue weighted by Crippen LogP contribution is -2.40. The first-order valence-corrected chi connectivity index (χ1v) is 12.3. The van der Waals surface area contributed by atoms with Gasteiger partial charge in [-0.05, 0) is 29.8 Å². The number of amides is 2. The summed E-state index contributed by atoms with van der Waals surface area (Å²) in [6, 6.07) is 12.0. The van der Waals surface area contributed by atoms with Gasteiger partial charge in [-0.15, -0.1) is 10.2 Å². The van der Waals surface area contributed by atoms with Crippen LogP contribution in [0.2, 0.25) is 5.02 Å². The van der Waals surface area contributed by atoms with Crippen molar-refractivity contribution in [1.82, 2.24) is 15.1 Å². The molecule has 12 heteroatoms. The predicted molar refractivity (Wildman–Crippen MR) is 136 cm³/mol. The highest BCUT2D eigenvalue weighted by molar-refractivity contribution is 6.34. The fourth-order valence-corrected chi connectivity index (χ4v) is 4.15. The van der Waals surface area contributed by atoms with Crippen LogP contribution in [0, 0.1) is 0 Å². The quantitative estimate of drug-likeness (QED) is 0.281. The van der Waals surface area contributed by atoms with E-state index in [1.54, 1.807) is 36.3 Å². The normalized spacial score (nSPS) is 13.2. The number of nitrogens with zero attached hydrogens (tertiary/aromatic N) is 4. The van der Waals surface area contributed by atoms with E-state index in [0.717, 1.165) is 5.56 Å². The van der Waals surface area contributed by atoms with Crippen LogP contribution < -0.4 is 9.64 Å². The fourth-order valence-electron chi connectivity index (χ4n) is 3.90. The standard InChI is InChI=1S/C26H27ClN4O7/c1-17(32)36-11-12-37-19-7-8-20(21(27)13-19)26(34)31-16-25(33)30(14-18-5-3-4-6-22(18)31)15-24-29-28-23(38-24)9-10-35-2/h3-8,13H,9-12,14-16H2,1-2H3. The van der Waals surface area contributed by atoms with Crippen molar-refractivity contribution in [1.29, 1.82) is 0 Å². The summed E-state index contributed by atoms with van der Waals surface area (Å²) in [6.45, 7) is 2.16. The summed E-state index contributed by atoms with van der Waals surface area (Å²) in [5.41, 5.74) is 1.61. The molecule has 0 radical (unpaired) electrons. The van der Waals surface area contributed by atoms with Gasteiger partial charge in [-0.1, -0.05) is 29.8 Å². The molecule has 3 aromatic rings. The van der Waals surface area contributed by atoms with Gasteiger partial charge in [-0.25, -0.2) is 0 Å². The summed E-state index contributed by atoms with van der Waals surface area (Å²) < 4.78 is 21.1. The lowest BCUT2D eigenvalue weighted by atomic mass is 10.1. The zero-order valence-electron chi connectivity index (χ0n) is 21.0. The number of halogens is 1. The van der Waals surface area contributed by atoms with Crippen molar-refractivity contribution in [2.45, 2.75) is 26.4 Å². The molecule has 0 saturated heterocycles. The number of benzene rings is 2. The first-order chi connectivity index (χ1) is 18.4. The lowest BCUT2D eigenvalue weighted by molar-refractivity contribution is -0.141. The van der Waals surface area contributed by atoms with Gasteiger partial charge in [0.2, 0.25) is 17.7 Å². The van der Waals surface area contributed by atoms with Crippen LogP contribution in [0.15, 0.2) is 46.9 Å². The Labute approximate surface area is 224 Å². The highest BCUT2D eigenvalue weighted by Crippen LogP contribution is 2.30. The van der Waals surface area contributed by atoms with Crippen LogP contribution in [0.1, 0.15) is 34.6 Å². The van der Waals surface area contributed by atoms with Crippen LogP contribution in [-0.4, -0.2) is 66.4 Å². The molecule has 0 N–H and O–H groups in total. The number of rotatable bonds is 10. The van der Waals surface area contributed by atoms with E-state index in [-0.39, 0.29) is 49.3 Å². The number of aromatic nitrogens is 2. The zero-order chi connectivity index (χ0) is 27.1. The fraction of sp³-hybridized carbons (Fsp3) is 0.346. The summed E-state index contributed by atoms with van der Waals surface area (Å²) in [4.78, 5) is 40.8. The van der Waals surface area contributed by atoms with Crippen molar-refractivity contribution in [3.8, 4) is 5.75 Å². The lowest BCUT2D eigenvalue weighted by Gasteiger charge is -2.23. The Morgan fingerprint density at radius 3 is 2.61 bits per heavy atom. The number of carbonyl (C=O) groups is 3. The van der Waals surface area contributed by atoms with E-state index in [0.29, 0.717) is 36.2 Å². The second-order valence-corrected chi connectivity index (χ2v) is 8.84. The van der Waals surface area contributed by atoms with Gasteiger partial charge in [-0.3, -0.25) is 19.3 Å². The number of para-hydroxylation sites is 1. The largest absolute Gasteiger partial charge is 0.490 e. The minimum absolute atomic E-state index is 0.0921. The number of hydrogen-bond donors (Lipinski definition) is 0. The Balaban J connectivity index is 1.51. The Hall–Kier alpha value is -3.96. The molecule has 2 amide bonds. The second-order valence-electron chi connectivity index (χ2n) is 8.43. The van der Waals surface area contributed by atoms with E-state index in [2.05, 4.69) is 10.2 Å². The zero-order valence-corrected chi connectivity index (χ0v) is 21.8. The molecular formula is C26H27ClN4O7. The number of anilines is 1. The van der Waals surface area contributed by atoms with Gasteiger partial charge in [-0.2, -0.15) is 0 Å². The van der Waals surface area contributed by atoms with Crippen LogP contribution in [-0.2, 0) is 38.6 Å². The van der Waals surface area contributed by atoms with E-state index in [9.17, 15) is 14.4 Å². The molecule has 11 nitrogen and oxygen atoms in total. The number of carbonyl (C=O) groups excluding carboxylic acids is 3. The number of fused-ring (bicyclic) bond motifs is 1. The van der Waals surface area contributed by atoms with Crippen molar-refractivity contribution >= 4 is 35.1 Å². The molecule has 1 aliphatic rings. The highest BCUT2D eigenvalue weighted by Gasteiger charge is 2.31. The second kappa shape index (κ2) is 12.5. The first-order valence-electron chi connectivity index (χ1n) is 11.9. The van der Waals surface area contributed by atoms with E-state index < -0.39 is 11.9 Å². The van der Waals surface area contributed by atoms with Crippen molar-refractivity contribution in [2.75, 3.05) is 38.4 Å². The van der Waals surface area contributed by atoms with Crippen LogP contribution in [0.3, 0.4) is 0 Å². The minimum Gasteiger partial charge on any atom is -0.490 e. The van der Waals surface area contributed by atoms with Gasteiger partial charge in [0.1, 0.15) is 25.5 Å². The molecule has 2 aromatic carbocycles. The minimum atomic E-state index is -0.427. The number of hydrogen-bond acceptors (Lipinski definition) is 9. The summed E-state index contributed by atoms with van der Waals surface area (Å²) in [5.74, 6) is 0.0318. The molecule has 0 bridgehead atoms. The molecule has 200 valence electrons. The van der Waals surface area contributed by atoms with E-state index in [1.807, 2.05) is 12.1 Å². The summed E-state index contributed by atoms with van der Waals surface area (Å²) in [5, 5.41) is 8.20. The van der Waals surface area contributed by atoms with Gasteiger partial charge < -0.3 is 23.5 Å². The maximum Gasteiger partial charge on any atom is 0.302 e. The van der Waals surface area contributed by atoms with Crippen LogP contribution >= 0.6 is 11.6 Å². The molecule has 0 atom stereocenters. The van der Waals surface area contributed by atoms with Crippen molar-refractivity contribution in [3.05, 3.63) is 70.4 Å². The molecule has 1 aliphatic heterocycles. The molecule has 2 heterocycles. The maximum absolute atomic E-state index is 13.6. The van der Waals surface area contributed by atoms with Gasteiger partial charge in [0.15, 0.2) is 0 Å². The molecule has 0 saturated carbocycles. The third kappa shape index (κ3) is 6.67. The summed E-state index contributed by atoms with van der Waals surface area (Å²) in [6.07, 6.45) is 0.472. The maximum atomic E-state index is 13.6. The number of esters is 1. The van der Waals surface area contributed by atoms with E-state index in [4.69, 9.17) is 30.2 Å². The van der Waals surface area contributed by atoms with Crippen LogP contribution in [0.25, 0.3) is 0 Å². The summed E-state index contributed by atoms with van der Waals surface area (Å²) >= 11 is 6.44. The van der Waals surface area contributed by atoms with Crippen LogP contribution in [0.5, 0.6) is 5.75 Å². The third-order valence-electron chi connectivity index (χ3n) is 5.72. The third-order valence-corrected chi connectivity index (χ3v) is 6.03. The van der Waals surface area contributed by atoms with Crippen molar-refractivity contribution < 1.29 is 33.0 Å². The number of ether oxygens (including phenoxy) is 3.